The lowest BCUT2D eigenvalue weighted by Crippen LogP contribution is -2.56. The van der Waals surface area contributed by atoms with Gasteiger partial charge in [0.1, 0.15) is 0 Å². The third kappa shape index (κ3) is 6.36. The fourth-order valence-corrected chi connectivity index (χ4v) is 9.71. The molecule has 0 amide bonds. The summed E-state index contributed by atoms with van der Waals surface area (Å²) >= 11 is 0. The summed E-state index contributed by atoms with van der Waals surface area (Å²) in [4.78, 5) is 0. The highest BCUT2D eigenvalue weighted by Gasteiger charge is 2.32. The van der Waals surface area contributed by atoms with Crippen molar-refractivity contribution in [2.45, 2.75) is 93.9 Å². The maximum absolute atomic E-state index is 2.57. The molecule has 0 aromatic heterocycles. The lowest BCUT2D eigenvalue weighted by atomic mass is 9.33. The molecular weight excluding hydrogens is 659 g/mol. The van der Waals surface area contributed by atoms with E-state index in [4.69, 9.17) is 0 Å². The van der Waals surface area contributed by atoms with E-state index in [2.05, 4.69) is 198 Å². The number of benzene rings is 8. The van der Waals surface area contributed by atoms with Crippen molar-refractivity contribution < 1.29 is 0 Å². The molecule has 0 nitrogen and oxygen atoms in total. The molecule has 0 aliphatic rings. The number of aryl methyl sites for hydroxylation is 6. The summed E-state index contributed by atoms with van der Waals surface area (Å²) in [6, 6.07) is 45.0. The van der Waals surface area contributed by atoms with E-state index >= 15 is 0 Å². The summed E-state index contributed by atoms with van der Waals surface area (Å²) < 4.78 is 0. The van der Waals surface area contributed by atoms with Crippen LogP contribution in [0.3, 0.4) is 0 Å². The summed E-state index contributed by atoms with van der Waals surface area (Å²) in [5.74, 6) is 0. The van der Waals surface area contributed by atoms with E-state index in [1.807, 2.05) is 0 Å². The van der Waals surface area contributed by atoms with Crippen LogP contribution in [0.4, 0.5) is 0 Å². The van der Waals surface area contributed by atoms with Gasteiger partial charge in [0, 0.05) is 0 Å². The van der Waals surface area contributed by atoms with E-state index in [1.54, 1.807) is 0 Å². The van der Waals surface area contributed by atoms with Crippen molar-refractivity contribution in [3.63, 3.8) is 0 Å². The van der Waals surface area contributed by atoms with Crippen molar-refractivity contribution in [3.05, 3.63) is 160 Å². The van der Waals surface area contributed by atoms with Crippen LogP contribution in [0.5, 0.6) is 0 Å². The molecule has 0 radical (unpaired) electrons. The number of rotatable bonds is 5. The van der Waals surface area contributed by atoms with E-state index in [-0.39, 0.29) is 17.5 Å². The Kier molecular flexibility index (Phi) is 8.88. The van der Waals surface area contributed by atoms with Crippen molar-refractivity contribution in [1.82, 2.24) is 0 Å². The van der Waals surface area contributed by atoms with Crippen LogP contribution in [0.2, 0.25) is 0 Å². The van der Waals surface area contributed by atoms with Crippen molar-refractivity contribution in [2.75, 3.05) is 0 Å². The van der Waals surface area contributed by atoms with Crippen LogP contribution in [0.1, 0.15) is 86.1 Å². The average Bonchev–Trinajstić information content (AvgIpc) is 3.11. The Morgan fingerprint density at radius 2 is 0.836 bits per heavy atom. The fraction of sp³-hybridized carbons (Fsp3) is 0.259. The molecule has 0 aliphatic carbocycles. The highest BCUT2D eigenvalue weighted by molar-refractivity contribution is 6.98. The Bertz CT molecular complexity index is 2680. The molecule has 0 bridgehead atoms. The zero-order chi connectivity index (χ0) is 39.1. The third-order valence-electron chi connectivity index (χ3n) is 12.3. The van der Waals surface area contributed by atoms with Crippen molar-refractivity contribution in [1.29, 1.82) is 0 Å². The molecule has 0 aliphatic heterocycles. The normalized spacial score (nSPS) is 12.4. The van der Waals surface area contributed by atoms with Gasteiger partial charge < -0.3 is 0 Å². The molecule has 0 fully saturated rings. The van der Waals surface area contributed by atoms with Gasteiger partial charge in [-0.05, 0) is 118 Å². The predicted octanol–water partition coefficient (Wildman–Crippen LogP) is 12.9. The molecule has 8 aromatic rings. The van der Waals surface area contributed by atoms with Gasteiger partial charge in [-0.15, -0.1) is 0 Å². The zero-order valence-corrected chi connectivity index (χ0v) is 35.0. The van der Waals surface area contributed by atoms with Gasteiger partial charge in [-0.3, -0.25) is 0 Å². The second-order valence-corrected chi connectivity index (χ2v) is 18.6. The number of hydrogen-bond acceptors (Lipinski definition) is 0. The maximum atomic E-state index is 2.57. The molecule has 274 valence electrons. The molecule has 55 heavy (non-hydrogen) atoms. The van der Waals surface area contributed by atoms with Gasteiger partial charge in [0.25, 0.3) is 0 Å². The van der Waals surface area contributed by atoms with Gasteiger partial charge in [-0.25, -0.2) is 0 Å². The first-order valence-corrected chi connectivity index (χ1v) is 20.1. The summed E-state index contributed by atoms with van der Waals surface area (Å²) in [6.07, 6.45) is 0. The van der Waals surface area contributed by atoms with Gasteiger partial charge >= 0.3 is 0 Å². The summed E-state index contributed by atoms with van der Waals surface area (Å²) in [7, 11) is 0. The topological polar surface area (TPSA) is 0 Å². The monoisotopic (exact) mass is 714 g/mol. The second kappa shape index (κ2) is 13.3. The Morgan fingerprint density at radius 3 is 1.35 bits per heavy atom. The molecule has 0 heterocycles. The summed E-state index contributed by atoms with van der Waals surface area (Å²) in [5, 5.41) is 7.99. The first kappa shape index (κ1) is 36.8. The fourth-order valence-electron chi connectivity index (χ4n) is 9.71. The first-order chi connectivity index (χ1) is 26.0. The van der Waals surface area contributed by atoms with Crippen molar-refractivity contribution in [2.24, 2.45) is 0 Å². The van der Waals surface area contributed by atoms with Crippen molar-refractivity contribution >= 4 is 55.4 Å². The first-order valence-electron chi connectivity index (χ1n) is 20.1. The van der Waals surface area contributed by atoms with Crippen LogP contribution in [-0.4, -0.2) is 6.71 Å². The Balaban J connectivity index is 1.55. The van der Waals surface area contributed by atoms with E-state index < -0.39 is 0 Å². The molecule has 8 aromatic carbocycles. The van der Waals surface area contributed by atoms with Crippen molar-refractivity contribution in [3.8, 4) is 22.3 Å². The van der Waals surface area contributed by atoms with Crippen LogP contribution in [0.15, 0.2) is 115 Å². The highest BCUT2D eigenvalue weighted by atomic mass is 14.2. The average molecular weight is 715 g/mol. The molecule has 0 saturated carbocycles. The van der Waals surface area contributed by atoms with Gasteiger partial charge in [0.05, 0.1) is 0 Å². The minimum atomic E-state index is 0.0356. The molecule has 8 rings (SSSR count). The quantitative estimate of drug-likeness (QED) is 0.123. The third-order valence-corrected chi connectivity index (χ3v) is 12.3. The maximum Gasteiger partial charge on any atom is 0.243 e. The molecular formula is C54H55B. The van der Waals surface area contributed by atoms with E-state index in [0.29, 0.717) is 0 Å². The molecule has 0 unspecified atom stereocenters. The molecule has 0 atom stereocenters. The van der Waals surface area contributed by atoms with Crippen LogP contribution >= 0.6 is 0 Å². The minimum absolute atomic E-state index is 0.0356. The molecule has 0 spiro atoms. The molecule has 1 heteroatoms. The van der Waals surface area contributed by atoms with Crippen LogP contribution in [0.25, 0.3) is 54.6 Å². The Hall–Kier alpha value is -5.14. The smallest absolute Gasteiger partial charge is 0.0629 e. The lowest BCUT2D eigenvalue weighted by molar-refractivity contribution is 0.590. The summed E-state index contributed by atoms with van der Waals surface area (Å²) in [6.45, 7) is 27.7. The van der Waals surface area contributed by atoms with E-state index in [9.17, 15) is 0 Å². The van der Waals surface area contributed by atoms with Gasteiger partial charge in [0.2, 0.25) is 6.71 Å². The van der Waals surface area contributed by atoms with Crippen LogP contribution < -0.4 is 16.4 Å². The second-order valence-electron chi connectivity index (χ2n) is 18.6. The number of hydrogen-bond donors (Lipinski definition) is 0. The van der Waals surface area contributed by atoms with Crippen LogP contribution in [0, 0.1) is 41.5 Å². The standard InChI is InChI=1S/C54H55B/c1-32-25-34(3)51(35(4)26-32)55(52-36(5)27-33(2)28-37(52)6)48-31-47(40-16-14-18-42(30-40)54(10,11)12)45-22-20-38-19-21-43(44-23-24-46(48)50(45)49(38)44)39-15-13-17-41(29-39)53(7,8)9/h13-31H,1-12H3. The van der Waals surface area contributed by atoms with E-state index in [0.717, 1.165) is 0 Å². The minimum Gasteiger partial charge on any atom is -0.0629 e. The molecule has 0 saturated heterocycles. The van der Waals surface area contributed by atoms with Gasteiger partial charge in [-0.2, -0.15) is 0 Å². The predicted molar refractivity (Wildman–Crippen MR) is 244 cm³/mol. The highest BCUT2D eigenvalue weighted by Crippen LogP contribution is 2.43. The van der Waals surface area contributed by atoms with Gasteiger partial charge in [0.15, 0.2) is 0 Å². The Labute approximate surface area is 330 Å². The van der Waals surface area contributed by atoms with Gasteiger partial charge in [-0.1, -0.05) is 207 Å². The largest absolute Gasteiger partial charge is 0.243 e. The summed E-state index contributed by atoms with van der Waals surface area (Å²) in [5.41, 5.74) is 20.2. The van der Waals surface area contributed by atoms with Crippen LogP contribution in [-0.2, 0) is 10.8 Å². The zero-order valence-electron chi connectivity index (χ0n) is 35.0. The lowest BCUT2D eigenvalue weighted by Gasteiger charge is -2.28. The van der Waals surface area contributed by atoms with E-state index in [1.165, 1.54) is 115 Å². The molecule has 0 N–H and O–H groups in total. The Morgan fingerprint density at radius 1 is 0.400 bits per heavy atom. The SMILES string of the molecule is Cc1cc(C)c(B(c2c(C)cc(C)cc2C)c2cc(-c3cccc(C(C)(C)C)c3)c3ccc4ccc(-c5cccc(C(C)(C)C)c5)c5ccc2c3c45)c(C)c1.